The first-order valence-corrected chi connectivity index (χ1v) is 12.7. The molecule has 0 spiro atoms. The Morgan fingerprint density at radius 3 is 2.49 bits per heavy atom. The van der Waals surface area contributed by atoms with Crippen molar-refractivity contribution in [3.8, 4) is 5.75 Å². The van der Waals surface area contributed by atoms with Gasteiger partial charge < -0.3 is 19.9 Å². The normalized spacial score (nSPS) is 10.8. The molecule has 4 aromatic rings. The number of benzene rings is 3. The first-order valence-electron chi connectivity index (χ1n) is 11.3. The van der Waals surface area contributed by atoms with Crippen molar-refractivity contribution in [1.82, 2.24) is 9.88 Å². The number of fused-ring (bicyclic) bond motifs is 1. The van der Waals surface area contributed by atoms with Gasteiger partial charge >= 0.3 is 0 Å². The number of halogens is 1. The second-order valence-corrected chi connectivity index (χ2v) is 9.21. The summed E-state index contributed by atoms with van der Waals surface area (Å²) in [7, 11) is 0. The Labute approximate surface area is 213 Å². The number of aromatic nitrogens is 1. The molecule has 3 aromatic carbocycles. The number of thioether (sulfide) groups is 1. The van der Waals surface area contributed by atoms with Gasteiger partial charge in [0, 0.05) is 51.4 Å². The maximum atomic E-state index is 12.5. The van der Waals surface area contributed by atoms with Crippen molar-refractivity contribution in [2.75, 3.05) is 24.2 Å². The monoisotopic (exact) mass is 507 g/mol. The predicted molar refractivity (Wildman–Crippen MR) is 143 cm³/mol. The molecule has 1 heterocycles. The van der Waals surface area contributed by atoms with Crippen LogP contribution in [-0.2, 0) is 11.3 Å². The maximum Gasteiger partial charge on any atom is 0.251 e. The topological polar surface area (TPSA) is 72.4 Å². The van der Waals surface area contributed by atoms with Gasteiger partial charge in [0.1, 0.15) is 5.75 Å². The van der Waals surface area contributed by atoms with Crippen molar-refractivity contribution in [2.45, 2.75) is 18.4 Å². The van der Waals surface area contributed by atoms with Crippen LogP contribution < -0.4 is 15.4 Å². The van der Waals surface area contributed by atoms with Gasteiger partial charge in [-0.25, -0.2) is 0 Å². The number of amides is 2. The molecule has 0 saturated carbocycles. The molecule has 8 heteroatoms. The highest BCUT2D eigenvalue weighted by atomic mass is 35.5. The van der Waals surface area contributed by atoms with Crippen LogP contribution in [0.1, 0.15) is 17.3 Å². The molecule has 0 fully saturated rings. The molecule has 180 valence electrons. The van der Waals surface area contributed by atoms with Crippen LogP contribution in [0.4, 0.5) is 5.69 Å². The average Bonchev–Trinajstić information content (AvgIpc) is 3.22. The summed E-state index contributed by atoms with van der Waals surface area (Å²) in [6.45, 7) is 3.62. The summed E-state index contributed by atoms with van der Waals surface area (Å²) < 4.78 is 7.54. The Hall–Kier alpha value is -3.42. The van der Waals surface area contributed by atoms with Crippen LogP contribution in [0.3, 0.4) is 0 Å². The van der Waals surface area contributed by atoms with E-state index in [1.165, 1.54) is 11.8 Å². The van der Waals surface area contributed by atoms with E-state index in [1.54, 1.807) is 24.3 Å². The highest BCUT2D eigenvalue weighted by Gasteiger charge is 2.12. The van der Waals surface area contributed by atoms with E-state index in [-0.39, 0.29) is 17.6 Å². The van der Waals surface area contributed by atoms with Gasteiger partial charge in [0.2, 0.25) is 5.91 Å². The van der Waals surface area contributed by atoms with E-state index in [1.807, 2.05) is 61.7 Å². The molecular formula is C27H26ClN3O3S. The molecule has 2 N–H and O–H groups in total. The smallest absolute Gasteiger partial charge is 0.251 e. The zero-order chi connectivity index (χ0) is 24.6. The number of ether oxygens (including phenoxy) is 1. The van der Waals surface area contributed by atoms with Crippen LogP contribution in [0.2, 0.25) is 5.02 Å². The summed E-state index contributed by atoms with van der Waals surface area (Å²) in [5, 5.41) is 7.55. The van der Waals surface area contributed by atoms with E-state index in [0.29, 0.717) is 30.3 Å². The van der Waals surface area contributed by atoms with Crippen LogP contribution in [0.5, 0.6) is 5.75 Å². The second-order valence-electron chi connectivity index (χ2n) is 7.76. The number of hydrogen-bond donors (Lipinski definition) is 2. The maximum absolute atomic E-state index is 12.5. The summed E-state index contributed by atoms with van der Waals surface area (Å²) >= 11 is 7.38. The number of carbonyl (C=O) groups is 2. The van der Waals surface area contributed by atoms with Crippen molar-refractivity contribution in [3.63, 3.8) is 0 Å². The standard InChI is InChI=1S/C27H26ClN3O3S/c1-2-34-22-13-11-21(12-14-22)30-26(32)18-35-25-17-31(24-6-4-3-5-23(24)25)16-15-29-27(33)19-7-9-20(28)10-8-19/h3-14,17H,2,15-16,18H2,1H3,(H,29,33)(H,30,32). The fourth-order valence-corrected chi connectivity index (χ4v) is 4.66. The molecule has 6 nitrogen and oxygen atoms in total. The summed E-state index contributed by atoms with van der Waals surface area (Å²) in [6.07, 6.45) is 2.04. The molecule has 0 aliphatic rings. The van der Waals surface area contributed by atoms with E-state index in [0.717, 1.165) is 27.2 Å². The minimum atomic E-state index is -0.140. The molecular weight excluding hydrogens is 482 g/mol. The third-order valence-corrected chi connectivity index (χ3v) is 6.60. The van der Waals surface area contributed by atoms with Gasteiger partial charge in [0.15, 0.2) is 0 Å². The van der Waals surface area contributed by atoms with Crippen LogP contribution in [0, 0.1) is 0 Å². The van der Waals surface area contributed by atoms with Gasteiger partial charge in [-0.1, -0.05) is 29.8 Å². The first kappa shape index (κ1) is 24.7. The molecule has 0 unspecified atom stereocenters. The molecule has 0 saturated heterocycles. The lowest BCUT2D eigenvalue weighted by molar-refractivity contribution is -0.113. The third kappa shape index (κ3) is 6.59. The Morgan fingerprint density at radius 1 is 1.00 bits per heavy atom. The molecule has 0 radical (unpaired) electrons. The van der Waals surface area contributed by atoms with E-state index in [2.05, 4.69) is 15.2 Å². The number of carbonyl (C=O) groups excluding carboxylic acids is 2. The van der Waals surface area contributed by atoms with Crippen molar-refractivity contribution >= 4 is 51.8 Å². The number of anilines is 1. The lowest BCUT2D eigenvalue weighted by atomic mass is 10.2. The lowest BCUT2D eigenvalue weighted by Crippen LogP contribution is -2.27. The molecule has 35 heavy (non-hydrogen) atoms. The highest BCUT2D eigenvalue weighted by Crippen LogP contribution is 2.30. The number of nitrogens with zero attached hydrogens (tertiary/aromatic N) is 1. The molecule has 2 amide bonds. The van der Waals surface area contributed by atoms with E-state index >= 15 is 0 Å². The number of nitrogens with one attached hydrogen (secondary N) is 2. The Morgan fingerprint density at radius 2 is 1.74 bits per heavy atom. The van der Waals surface area contributed by atoms with Crippen molar-refractivity contribution in [1.29, 1.82) is 0 Å². The van der Waals surface area contributed by atoms with E-state index < -0.39 is 0 Å². The average molecular weight is 508 g/mol. The highest BCUT2D eigenvalue weighted by molar-refractivity contribution is 8.00. The first-order chi connectivity index (χ1) is 17.0. The number of rotatable bonds is 10. The minimum absolute atomic E-state index is 0.0776. The largest absolute Gasteiger partial charge is 0.494 e. The van der Waals surface area contributed by atoms with Crippen molar-refractivity contribution < 1.29 is 14.3 Å². The van der Waals surface area contributed by atoms with Crippen molar-refractivity contribution in [3.05, 3.63) is 89.6 Å². The zero-order valence-corrected chi connectivity index (χ0v) is 20.9. The van der Waals surface area contributed by atoms with Gasteiger partial charge in [-0.2, -0.15) is 0 Å². The Balaban J connectivity index is 1.35. The lowest BCUT2D eigenvalue weighted by Gasteiger charge is -2.08. The van der Waals surface area contributed by atoms with E-state index in [9.17, 15) is 9.59 Å². The van der Waals surface area contributed by atoms with Crippen molar-refractivity contribution in [2.24, 2.45) is 0 Å². The Bertz CT molecular complexity index is 1300. The van der Waals surface area contributed by atoms with Gasteiger partial charge in [-0.15, -0.1) is 11.8 Å². The summed E-state index contributed by atoms with van der Waals surface area (Å²) in [5.74, 6) is 0.844. The van der Waals surface area contributed by atoms with Gasteiger partial charge in [0.25, 0.3) is 5.91 Å². The van der Waals surface area contributed by atoms with Crippen LogP contribution >= 0.6 is 23.4 Å². The van der Waals surface area contributed by atoms with Crippen LogP contribution in [0.15, 0.2) is 83.9 Å². The minimum Gasteiger partial charge on any atom is -0.494 e. The summed E-state index contributed by atoms with van der Waals surface area (Å²) in [4.78, 5) is 25.9. The molecule has 4 rings (SSSR count). The fraction of sp³-hybridized carbons (Fsp3) is 0.185. The van der Waals surface area contributed by atoms with E-state index in [4.69, 9.17) is 16.3 Å². The summed E-state index contributed by atoms with van der Waals surface area (Å²) in [5.41, 5.74) is 2.36. The zero-order valence-electron chi connectivity index (χ0n) is 19.3. The number of para-hydroxylation sites is 1. The Kier molecular flexibility index (Phi) is 8.34. The molecule has 1 aromatic heterocycles. The quantitative estimate of drug-likeness (QED) is 0.264. The van der Waals surface area contributed by atoms with Gasteiger partial charge in [0.05, 0.1) is 12.4 Å². The predicted octanol–water partition coefficient (Wildman–Crippen LogP) is 5.85. The van der Waals surface area contributed by atoms with Gasteiger partial charge in [-0.05, 0) is 61.5 Å². The van der Waals surface area contributed by atoms with Gasteiger partial charge in [-0.3, -0.25) is 9.59 Å². The van der Waals surface area contributed by atoms with Crippen LogP contribution in [-0.4, -0.2) is 35.3 Å². The summed E-state index contributed by atoms with van der Waals surface area (Å²) in [6, 6.07) is 22.2. The third-order valence-electron chi connectivity index (χ3n) is 5.30. The SMILES string of the molecule is CCOc1ccc(NC(=O)CSc2cn(CCNC(=O)c3ccc(Cl)cc3)c3ccccc23)cc1. The fourth-order valence-electron chi connectivity index (χ4n) is 3.65. The van der Waals surface area contributed by atoms with Crippen LogP contribution in [0.25, 0.3) is 10.9 Å². The molecule has 0 bridgehead atoms. The molecule has 0 aliphatic heterocycles. The molecule has 0 aliphatic carbocycles. The second kappa shape index (κ2) is 11.8. The number of hydrogen-bond acceptors (Lipinski definition) is 4. The molecule has 0 atom stereocenters.